The van der Waals surface area contributed by atoms with Gasteiger partial charge in [0.2, 0.25) is 5.91 Å². The van der Waals surface area contributed by atoms with Gasteiger partial charge in [-0.2, -0.15) is 13.2 Å². The summed E-state index contributed by atoms with van der Waals surface area (Å²) in [7, 11) is -2.89. The van der Waals surface area contributed by atoms with Gasteiger partial charge < -0.3 is 10.2 Å². The van der Waals surface area contributed by atoms with Crippen LogP contribution in [0.3, 0.4) is 0 Å². The van der Waals surface area contributed by atoms with E-state index in [0.717, 1.165) is 11.3 Å². The molecule has 1 N–H and O–H groups in total. The molecule has 0 saturated carbocycles. The molecule has 0 aromatic heterocycles. The Morgan fingerprint density at radius 2 is 1.76 bits per heavy atom. The molecule has 10 heteroatoms. The van der Waals surface area contributed by atoms with Crippen LogP contribution in [0.4, 0.5) is 13.2 Å². The fourth-order valence-electron chi connectivity index (χ4n) is 3.37. The average Bonchev–Trinajstić information content (AvgIpc) is 2.89. The highest BCUT2D eigenvalue weighted by molar-refractivity contribution is 7.91. The first-order valence-electron chi connectivity index (χ1n) is 8.43. The highest BCUT2D eigenvalue weighted by Gasteiger charge is 2.43. The van der Waals surface area contributed by atoms with Crippen LogP contribution >= 0.6 is 0 Å². The molecule has 2 aliphatic rings. The zero-order chi connectivity index (χ0) is 18.7. The second-order valence-corrected chi connectivity index (χ2v) is 9.00. The Hall–Kier alpha value is -1.32. The largest absolute Gasteiger partial charge is 0.471 e. The molecule has 6 nitrogen and oxygen atoms in total. The molecule has 0 radical (unpaired) electrons. The number of piperidine rings is 1. The van der Waals surface area contributed by atoms with Gasteiger partial charge in [0.25, 0.3) is 0 Å². The first kappa shape index (κ1) is 20.0. The van der Waals surface area contributed by atoms with Crippen molar-refractivity contribution in [3.8, 4) is 0 Å². The summed E-state index contributed by atoms with van der Waals surface area (Å²) in [6.07, 6.45) is -2.36. The van der Waals surface area contributed by atoms with Gasteiger partial charge in [-0.05, 0) is 38.0 Å². The maximum atomic E-state index is 12.4. The summed E-state index contributed by atoms with van der Waals surface area (Å²) in [6, 6.07) is 0. The first-order chi connectivity index (χ1) is 11.6. The topological polar surface area (TPSA) is 83.6 Å². The second kappa shape index (κ2) is 7.92. The van der Waals surface area contributed by atoms with Crippen molar-refractivity contribution in [2.45, 2.75) is 38.3 Å². The van der Waals surface area contributed by atoms with E-state index in [1.807, 2.05) is 0 Å². The molecule has 0 spiro atoms. The van der Waals surface area contributed by atoms with Gasteiger partial charge in [0, 0.05) is 25.6 Å². The number of amides is 2. The Morgan fingerprint density at radius 3 is 2.28 bits per heavy atom. The van der Waals surface area contributed by atoms with Crippen molar-refractivity contribution in [1.82, 2.24) is 10.2 Å². The molecule has 1 unspecified atom stereocenters. The SMILES string of the molecule is O=C(NCCCC1CCS(=O)(=O)C1)C1CCN(C(=O)C(F)(F)F)CC1. The van der Waals surface area contributed by atoms with E-state index in [-0.39, 0.29) is 55.2 Å². The Bertz CT molecular complexity index is 598. The molecular formula is C15H23F3N2O4S. The van der Waals surface area contributed by atoms with Crippen LogP contribution in [0, 0.1) is 11.8 Å². The summed E-state index contributed by atoms with van der Waals surface area (Å²) >= 11 is 0. The standard InChI is InChI=1S/C15H23F3N2O4S/c16-15(17,18)14(22)20-7-3-12(4-8-20)13(21)19-6-1-2-11-5-9-25(23,24)10-11/h11-12H,1-10H2,(H,19,21). The molecule has 2 aliphatic heterocycles. The van der Waals surface area contributed by atoms with E-state index >= 15 is 0 Å². The first-order valence-corrected chi connectivity index (χ1v) is 10.2. The van der Waals surface area contributed by atoms with Crippen molar-refractivity contribution in [2.24, 2.45) is 11.8 Å². The number of nitrogens with zero attached hydrogens (tertiary/aromatic N) is 1. The monoisotopic (exact) mass is 384 g/mol. The van der Waals surface area contributed by atoms with Crippen LogP contribution in [-0.4, -0.2) is 62.4 Å². The number of sulfone groups is 1. The molecule has 0 bridgehead atoms. The van der Waals surface area contributed by atoms with Crippen molar-refractivity contribution in [1.29, 1.82) is 0 Å². The number of likely N-dealkylation sites (tertiary alicyclic amines) is 1. The van der Waals surface area contributed by atoms with Crippen molar-refractivity contribution >= 4 is 21.7 Å². The van der Waals surface area contributed by atoms with E-state index in [0.29, 0.717) is 19.4 Å². The molecule has 144 valence electrons. The lowest BCUT2D eigenvalue weighted by Gasteiger charge is -2.31. The fraction of sp³-hybridized carbons (Fsp3) is 0.867. The number of carbonyl (C=O) groups excluding carboxylic acids is 2. The summed E-state index contributed by atoms with van der Waals surface area (Å²) < 4.78 is 59.8. The quantitative estimate of drug-likeness (QED) is 0.720. The third-order valence-electron chi connectivity index (χ3n) is 4.81. The zero-order valence-electron chi connectivity index (χ0n) is 13.8. The maximum Gasteiger partial charge on any atom is 0.471 e. The van der Waals surface area contributed by atoms with Crippen LogP contribution in [0.2, 0.25) is 0 Å². The summed E-state index contributed by atoms with van der Waals surface area (Å²) in [4.78, 5) is 23.9. The Labute approximate surface area is 145 Å². The van der Waals surface area contributed by atoms with E-state index in [4.69, 9.17) is 0 Å². The molecule has 0 aromatic carbocycles. The molecule has 1 atom stereocenters. The van der Waals surface area contributed by atoms with E-state index in [9.17, 15) is 31.2 Å². The van der Waals surface area contributed by atoms with E-state index in [1.165, 1.54) is 0 Å². The molecule has 2 amide bonds. The Kier molecular flexibility index (Phi) is 6.34. The third kappa shape index (κ3) is 5.86. The lowest BCUT2D eigenvalue weighted by molar-refractivity contribution is -0.186. The highest BCUT2D eigenvalue weighted by Crippen LogP contribution is 2.24. The van der Waals surface area contributed by atoms with Crippen LogP contribution in [0.15, 0.2) is 0 Å². The predicted molar refractivity (Wildman–Crippen MR) is 84.4 cm³/mol. The smallest absolute Gasteiger partial charge is 0.356 e. The van der Waals surface area contributed by atoms with Gasteiger partial charge in [-0.1, -0.05) is 0 Å². The second-order valence-electron chi connectivity index (χ2n) is 6.77. The highest BCUT2D eigenvalue weighted by atomic mass is 32.2. The summed E-state index contributed by atoms with van der Waals surface area (Å²) in [5, 5.41) is 2.76. The van der Waals surface area contributed by atoms with Crippen molar-refractivity contribution in [2.75, 3.05) is 31.1 Å². The number of carbonyl (C=O) groups is 2. The van der Waals surface area contributed by atoms with Crippen LogP contribution in [-0.2, 0) is 19.4 Å². The van der Waals surface area contributed by atoms with Gasteiger partial charge in [0.1, 0.15) is 0 Å². The minimum Gasteiger partial charge on any atom is -0.356 e. The molecule has 2 heterocycles. The summed E-state index contributed by atoms with van der Waals surface area (Å²) in [5.74, 6) is -1.84. The lowest BCUT2D eigenvalue weighted by atomic mass is 9.95. The number of hydrogen-bond acceptors (Lipinski definition) is 4. The minimum atomic E-state index is -4.87. The number of nitrogens with one attached hydrogen (secondary N) is 1. The number of alkyl halides is 3. The molecule has 2 fully saturated rings. The normalized spacial score (nSPS) is 24.3. The zero-order valence-corrected chi connectivity index (χ0v) is 14.7. The average molecular weight is 384 g/mol. The van der Waals surface area contributed by atoms with Gasteiger partial charge in [0.05, 0.1) is 11.5 Å². The van der Waals surface area contributed by atoms with Crippen molar-refractivity contribution < 1.29 is 31.2 Å². The molecule has 2 saturated heterocycles. The fourth-order valence-corrected chi connectivity index (χ4v) is 5.28. The van der Waals surface area contributed by atoms with Gasteiger partial charge in [0.15, 0.2) is 9.84 Å². The van der Waals surface area contributed by atoms with Gasteiger partial charge in [-0.15, -0.1) is 0 Å². The Morgan fingerprint density at radius 1 is 1.12 bits per heavy atom. The van der Waals surface area contributed by atoms with Gasteiger partial charge in [-0.3, -0.25) is 9.59 Å². The maximum absolute atomic E-state index is 12.4. The number of hydrogen-bond donors (Lipinski definition) is 1. The van der Waals surface area contributed by atoms with E-state index in [2.05, 4.69) is 5.32 Å². The minimum absolute atomic E-state index is 0.0731. The van der Waals surface area contributed by atoms with Crippen LogP contribution in [0.25, 0.3) is 0 Å². The van der Waals surface area contributed by atoms with Crippen molar-refractivity contribution in [3.05, 3.63) is 0 Å². The van der Waals surface area contributed by atoms with Crippen LogP contribution < -0.4 is 5.32 Å². The van der Waals surface area contributed by atoms with Crippen molar-refractivity contribution in [3.63, 3.8) is 0 Å². The molecule has 25 heavy (non-hydrogen) atoms. The molecule has 0 aliphatic carbocycles. The predicted octanol–water partition coefficient (Wildman–Crippen LogP) is 1.12. The van der Waals surface area contributed by atoms with E-state index in [1.54, 1.807) is 0 Å². The van der Waals surface area contributed by atoms with Crippen LogP contribution in [0.5, 0.6) is 0 Å². The molecule has 0 aromatic rings. The van der Waals surface area contributed by atoms with Gasteiger partial charge in [-0.25, -0.2) is 8.42 Å². The van der Waals surface area contributed by atoms with Gasteiger partial charge >= 0.3 is 12.1 Å². The van der Waals surface area contributed by atoms with Crippen LogP contribution in [0.1, 0.15) is 32.1 Å². The summed E-state index contributed by atoms with van der Waals surface area (Å²) in [5.41, 5.74) is 0. The third-order valence-corrected chi connectivity index (χ3v) is 6.65. The number of halogens is 3. The number of rotatable bonds is 5. The molecule has 2 rings (SSSR count). The Balaban J connectivity index is 1.63. The summed E-state index contributed by atoms with van der Waals surface area (Å²) in [6.45, 7) is 0.282. The lowest BCUT2D eigenvalue weighted by Crippen LogP contribution is -2.47. The molecular weight excluding hydrogens is 361 g/mol. The van der Waals surface area contributed by atoms with E-state index < -0.39 is 21.9 Å².